The fourth-order valence-electron chi connectivity index (χ4n) is 2.02. The van der Waals surface area contributed by atoms with Crippen LogP contribution in [0.25, 0.3) is 10.9 Å². The molecule has 0 unspecified atom stereocenters. The Morgan fingerprint density at radius 2 is 1.75 bits per heavy atom. The van der Waals surface area contributed by atoms with Crippen molar-refractivity contribution in [1.82, 2.24) is 4.98 Å². The molecular weight excluding hydrogens is 260 g/mol. The van der Waals surface area contributed by atoms with Crippen molar-refractivity contribution in [3.05, 3.63) is 22.6 Å². The lowest BCUT2D eigenvalue weighted by Gasteiger charge is -2.17. The highest BCUT2D eigenvalue weighted by atomic mass is 16.5. The van der Waals surface area contributed by atoms with Crippen LogP contribution >= 0.6 is 0 Å². The van der Waals surface area contributed by atoms with Gasteiger partial charge in [-0.15, -0.1) is 0 Å². The van der Waals surface area contributed by atoms with Crippen molar-refractivity contribution in [3.8, 4) is 11.5 Å². The molecule has 0 saturated carbocycles. The normalized spacial score (nSPS) is 10.6. The average molecular weight is 278 g/mol. The van der Waals surface area contributed by atoms with E-state index < -0.39 is 5.63 Å². The van der Waals surface area contributed by atoms with Gasteiger partial charge in [-0.1, -0.05) is 0 Å². The van der Waals surface area contributed by atoms with Crippen molar-refractivity contribution in [2.24, 2.45) is 0 Å². The molecule has 2 rings (SSSR count). The number of fused-ring (bicyclic) bond motifs is 1. The van der Waals surface area contributed by atoms with Crippen LogP contribution in [0.2, 0.25) is 0 Å². The molecule has 1 aromatic heterocycles. The molecule has 20 heavy (non-hydrogen) atoms. The molecule has 6 nitrogen and oxygen atoms in total. The highest BCUT2D eigenvalue weighted by Gasteiger charge is 2.14. The highest BCUT2D eigenvalue weighted by molar-refractivity contribution is 5.82. The number of nitrogens with zero attached hydrogens (tertiary/aromatic N) is 2. The topological polar surface area (TPSA) is 64.8 Å². The summed E-state index contributed by atoms with van der Waals surface area (Å²) in [5.74, 6) is 1.01. The minimum absolute atomic E-state index is 0.319. The molecule has 0 amide bonds. The first-order chi connectivity index (χ1) is 9.64. The van der Waals surface area contributed by atoms with E-state index in [1.165, 1.54) is 7.11 Å². The minimum atomic E-state index is -0.433. The van der Waals surface area contributed by atoms with Crippen LogP contribution in [0, 0.1) is 0 Å². The van der Waals surface area contributed by atoms with Gasteiger partial charge in [0.1, 0.15) is 0 Å². The van der Waals surface area contributed by atoms with Crippen molar-refractivity contribution in [2.45, 2.75) is 13.8 Å². The lowest BCUT2D eigenvalue weighted by Crippen LogP contribution is -2.24. The maximum Gasteiger partial charge on any atom is 0.348 e. The molecule has 1 heterocycles. The van der Waals surface area contributed by atoms with Gasteiger partial charge in [0.15, 0.2) is 11.5 Å². The molecule has 0 fully saturated rings. The third-order valence-electron chi connectivity index (χ3n) is 3.16. The van der Waals surface area contributed by atoms with Crippen LogP contribution in [0.1, 0.15) is 13.8 Å². The molecule has 0 aliphatic carbocycles. The molecule has 0 N–H and O–H groups in total. The van der Waals surface area contributed by atoms with E-state index in [9.17, 15) is 4.79 Å². The molecule has 0 atom stereocenters. The third kappa shape index (κ3) is 2.41. The first-order valence-electron chi connectivity index (χ1n) is 6.46. The van der Waals surface area contributed by atoms with Crippen LogP contribution in [-0.2, 0) is 0 Å². The van der Waals surface area contributed by atoms with E-state index in [-0.39, 0.29) is 0 Å². The van der Waals surface area contributed by atoms with Crippen LogP contribution in [0.3, 0.4) is 0 Å². The van der Waals surface area contributed by atoms with E-state index in [1.807, 2.05) is 18.7 Å². The van der Waals surface area contributed by atoms with Crippen molar-refractivity contribution < 1.29 is 13.9 Å². The second-order valence-electron chi connectivity index (χ2n) is 4.18. The minimum Gasteiger partial charge on any atom is -0.493 e. The zero-order valence-electron chi connectivity index (χ0n) is 12.1. The zero-order chi connectivity index (χ0) is 14.7. The van der Waals surface area contributed by atoms with Gasteiger partial charge in [0, 0.05) is 25.2 Å². The smallest absolute Gasteiger partial charge is 0.348 e. The first kappa shape index (κ1) is 14.2. The second-order valence-corrected chi connectivity index (χ2v) is 4.18. The summed E-state index contributed by atoms with van der Waals surface area (Å²) in [7, 11) is 3.06. The summed E-state index contributed by atoms with van der Waals surface area (Å²) in [6.07, 6.45) is 0. The van der Waals surface area contributed by atoms with Crippen molar-refractivity contribution >= 4 is 16.9 Å². The maximum atomic E-state index is 12.1. The van der Waals surface area contributed by atoms with Gasteiger partial charge in [0.25, 0.3) is 0 Å². The Labute approximate surface area is 116 Å². The number of anilines is 1. The molecule has 0 radical (unpaired) electrons. The SMILES string of the molecule is CCN(CC)c1nc2cc(OC)c(OC)cc2c(=O)o1. The van der Waals surface area contributed by atoms with Gasteiger partial charge in [-0.3, -0.25) is 0 Å². The quantitative estimate of drug-likeness (QED) is 0.834. The Bertz CT molecular complexity index is 662. The van der Waals surface area contributed by atoms with Crippen LogP contribution in [0.5, 0.6) is 11.5 Å². The molecule has 0 aliphatic heterocycles. The van der Waals surface area contributed by atoms with Crippen LogP contribution in [0.15, 0.2) is 21.3 Å². The molecule has 6 heteroatoms. The van der Waals surface area contributed by atoms with Gasteiger partial charge in [0.2, 0.25) is 0 Å². The number of rotatable bonds is 5. The summed E-state index contributed by atoms with van der Waals surface area (Å²) in [5.41, 5.74) is 0.0960. The van der Waals surface area contributed by atoms with Gasteiger partial charge in [-0.25, -0.2) is 4.79 Å². The predicted octanol–water partition coefficient (Wildman–Crippen LogP) is 2.05. The maximum absolute atomic E-state index is 12.1. The summed E-state index contributed by atoms with van der Waals surface area (Å²) >= 11 is 0. The van der Waals surface area contributed by atoms with Crippen LogP contribution in [-0.4, -0.2) is 32.3 Å². The molecule has 108 valence electrons. The van der Waals surface area contributed by atoms with E-state index in [1.54, 1.807) is 19.2 Å². The number of methoxy groups -OCH3 is 2. The molecule has 0 spiro atoms. The predicted molar refractivity (Wildman–Crippen MR) is 76.9 cm³/mol. The Balaban J connectivity index is 2.67. The van der Waals surface area contributed by atoms with E-state index >= 15 is 0 Å². The van der Waals surface area contributed by atoms with Crippen molar-refractivity contribution in [1.29, 1.82) is 0 Å². The molecule has 0 saturated heterocycles. The Kier molecular flexibility index (Phi) is 4.12. The van der Waals surface area contributed by atoms with Gasteiger partial charge in [-0.05, 0) is 13.8 Å². The number of benzene rings is 1. The average Bonchev–Trinajstić information content (AvgIpc) is 2.47. The fourth-order valence-corrected chi connectivity index (χ4v) is 2.02. The van der Waals surface area contributed by atoms with Crippen LogP contribution < -0.4 is 20.0 Å². The summed E-state index contributed by atoms with van der Waals surface area (Å²) in [6.45, 7) is 5.38. The second kappa shape index (κ2) is 5.81. The summed E-state index contributed by atoms with van der Waals surface area (Å²) in [6, 6.07) is 3.58. The van der Waals surface area contributed by atoms with Gasteiger partial charge < -0.3 is 18.8 Å². The Morgan fingerprint density at radius 1 is 1.15 bits per heavy atom. The lowest BCUT2D eigenvalue weighted by molar-refractivity contribution is 0.355. The van der Waals surface area contributed by atoms with Gasteiger partial charge >= 0.3 is 11.6 Å². The largest absolute Gasteiger partial charge is 0.493 e. The molecule has 0 bridgehead atoms. The van der Waals surface area contributed by atoms with Crippen LogP contribution in [0.4, 0.5) is 6.01 Å². The third-order valence-corrected chi connectivity index (χ3v) is 3.16. The van der Waals surface area contributed by atoms with Gasteiger partial charge in [-0.2, -0.15) is 4.98 Å². The number of hydrogen-bond donors (Lipinski definition) is 0. The summed E-state index contributed by atoms with van der Waals surface area (Å²) in [5, 5.41) is 0.374. The standard InChI is InChI=1S/C14H18N2O4/c1-5-16(6-2)14-15-10-8-12(19-4)11(18-3)7-9(10)13(17)20-14/h7-8H,5-6H2,1-4H3. The number of aromatic nitrogens is 1. The number of hydrogen-bond acceptors (Lipinski definition) is 6. The Hall–Kier alpha value is -2.24. The highest BCUT2D eigenvalue weighted by Crippen LogP contribution is 2.30. The van der Waals surface area contributed by atoms with Crippen molar-refractivity contribution in [3.63, 3.8) is 0 Å². The number of ether oxygens (including phenoxy) is 2. The summed E-state index contributed by atoms with van der Waals surface area (Å²) < 4.78 is 15.7. The van der Waals surface area contributed by atoms with Crippen molar-refractivity contribution in [2.75, 3.05) is 32.2 Å². The van der Waals surface area contributed by atoms with E-state index in [0.29, 0.717) is 41.5 Å². The first-order valence-corrected chi connectivity index (χ1v) is 6.46. The monoisotopic (exact) mass is 278 g/mol. The molecule has 0 aliphatic rings. The summed E-state index contributed by atoms with van der Waals surface area (Å²) in [4.78, 5) is 18.3. The lowest BCUT2D eigenvalue weighted by atomic mass is 10.2. The molecular formula is C14H18N2O4. The molecule has 2 aromatic rings. The van der Waals surface area contributed by atoms with E-state index in [2.05, 4.69) is 4.98 Å². The van der Waals surface area contributed by atoms with E-state index in [0.717, 1.165) is 0 Å². The van der Waals surface area contributed by atoms with Gasteiger partial charge in [0.05, 0.1) is 25.1 Å². The molecule has 1 aromatic carbocycles. The zero-order valence-corrected chi connectivity index (χ0v) is 12.1. The fraction of sp³-hybridized carbons (Fsp3) is 0.429. The van der Waals surface area contributed by atoms with E-state index in [4.69, 9.17) is 13.9 Å². The Morgan fingerprint density at radius 3 is 2.30 bits per heavy atom.